The normalized spacial score (nSPS) is 10.6. The maximum Gasteiger partial charge on any atom is 0.336 e. The molecule has 14 heavy (non-hydrogen) atoms. The number of carboxylic acids is 1. The van der Waals surface area contributed by atoms with Gasteiger partial charge >= 0.3 is 5.97 Å². The highest BCUT2D eigenvalue weighted by atomic mass is 19.3. The lowest BCUT2D eigenvalue weighted by atomic mass is 10.1. The van der Waals surface area contributed by atoms with Crippen molar-refractivity contribution in [2.45, 2.75) is 13.3 Å². The van der Waals surface area contributed by atoms with Crippen molar-refractivity contribution in [2.24, 2.45) is 0 Å². The number of nitrogen functional groups attached to an aromatic ring is 1. The van der Waals surface area contributed by atoms with Crippen LogP contribution in [0.3, 0.4) is 0 Å². The van der Waals surface area contributed by atoms with Crippen LogP contribution in [-0.4, -0.2) is 16.1 Å². The number of hydrogen-bond donors (Lipinski definition) is 2. The first-order valence-electron chi connectivity index (χ1n) is 3.71. The number of alkyl halides is 2. The Kier molecular flexibility index (Phi) is 2.64. The van der Waals surface area contributed by atoms with E-state index in [2.05, 4.69) is 4.98 Å². The Morgan fingerprint density at radius 3 is 2.64 bits per heavy atom. The predicted octanol–water partition coefficient (Wildman–Crippen LogP) is 1.61. The lowest BCUT2D eigenvalue weighted by molar-refractivity contribution is 0.0683. The van der Waals surface area contributed by atoms with Crippen molar-refractivity contribution < 1.29 is 18.7 Å². The second kappa shape index (κ2) is 3.57. The van der Waals surface area contributed by atoms with Crippen molar-refractivity contribution in [3.63, 3.8) is 0 Å². The van der Waals surface area contributed by atoms with Gasteiger partial charge in [-0.3, -0.25) is 0 Å². The van der Waals surface area contributed by atoms with Gasteiger partial charge in [0.1, 0.15) is 5.82 Å². The highest BCUT2D eigenvalue weighted by Gasteiger charge is 2.21. The molecule has 0 aliphatic rings. The largest absolute Gasteiger partial charge is 0.478 e. The van der Waals surface area contributed by atoms with E-state index in [1.807, 2.05) is 0 Å². The summed E-state index contributed by atoms with van der Waals surface area (Å²) in [7, 11) is 0. The van der Waals surface area contributed by atoms with E-state index in [-0.39, 0.29) is 11.4 Å². The number of carboxylic acid groups (broad SMARTS) is 1. The van der Waals surface area contributed by atoms with Crippen LogP contribution in [0.2, 0.25) is 0 Å². The second-order valence-electron chi connectivity index (χ2n) is 2.70. The van der Waals surface area contributed by atoms with Gasteiger partial charge in [0.25, 0.3) is 6.43 Å². The third kappa shape index (κ3) is 1.63. The zero-order valence-corrected chi connectivity index (χ0v) is 7.29. The van der Waals surface area contributed by atoms with Gasteiger partial charge < -0.3 is 10.8 Å². The van der Waals surface area contributed by atoms with Crippen LogP contribution in [0.25, 0.3) is 0 Å². The first kappa shape index (κ1) is 10.4. The van der Waals surface area contributed by atoms with Gasteiger partial charge in [-0.15, -0.1) is 0 Å². The van der Waals surface area contributed by atoms with E-state index in [9.17, 15) is 13.6 Å². The Morgan fingerprint density at radius 1 is 1.64 bits per heavy atom. The predicted molar refractivity (Wildman–Crippen MR) is 45.3 cm³/mol. The van der Waals surface area contributed by atoms with Gasteiger partial charge in [-0.25, -0.2) is 18.6 Å². The van der Waals surface area contributed by atoms with Crippen molar-refractivity contribution in [3.8, 4) is 0 Å². The van der Waals surface area contributed by atoms with Crippen LogP contribution in [0.5, 0.6) is 0 Å². The smallest absolute Gasteiger partial charge is 0.336 e. The number of anilines is 1. The molecular weight excluding hydrogens is 194 g/mol. The van der Waals surface area contributed by atoms with Crippen molar-refractivity contribution in [1.82, 2.24) is 4.98 Å². The molecule has 76 valence electrons. The minimum absolute atomic E-state index is 0.0493. The molecule has 0 atom stereocenters. The number of hydrogen-bond acceptors (Lipinski definition) is 3. The van der Waals surface area contributed by atoms with Crippen molar-refractivity contribution >= 4 is 11.8 Å². The molecule has 1 aromatic heterocycles. The van der Waals surface area contributed by atoms with Gasteiger partial charge in [-0.2, -0.15) is 0 Å². The standard InChI is InChI=1S/C8H8F2N2O2/c1-3-5(8(13)14)4(6(9)10)2-12-7(3)11/h2,6H,1H3,(H2,11,12)(H,13,14). The molecule has 0 aliphatic heterocycles. The molecule has 4 nitrogen and oxygen atoms in total. The summed E-state index contributed by atoms with van der Waals surface area (Å²) in [5, 5.41) is 8.70. The summed E-state index contributed by atoms with van der Waals surface area (Å²) in [6.45, 7) is 1.34. The summed E-state index contributed by atoms with van der Waals surface area (Å²) in [6, 6.07) is 0. The van der Waals surface area contributed by atoms with Gasteiger partial charge in [-0.1, -0.05) is 0 Å². The average molecular weight is 202 g/mol. The highest BCUT2D eigenvalue weighted by molar-refractivity contribution is 5.92. The topological polar surface area (TPSA) is 76.2 Å². The number of nitrogens with zero attached hydrogens (tertiary/aromatic N) is 1. The van der Waals surface area contributed by atoms with Crippen LogP contribution >= 0.6 is 0 Å². The lowest BCUT2D eigenvalue weighted by Gasteiger charge is -2.08. The molecule has 0 saturated heterocycles. The fraction of sp³-hybridized carbons (Fsp3) is 0.250. The number of aromatic carboxylic acids is 1. The molecule has 0 radical (unpaired) electrons. The van der Waals surface area contributed by atoms with Crippen molar-refractivity contribution in [3.05, 3.63) is 22.9 Å². The summed E-state index contributed by atoms with van der Waals surface area (Å²) < 4.78 is 24.7. The Bertz CT molecular complexity index is 380. The van der Waals surface area contributed by atoms with Crippen LogP contribution in [0.15, 0.2) is 6.20 Å². The molecule has 0 bridgehead atoms. The molecule has 6 heteroatoms. The third-order valence-corrected chi connectivity index (χ3v) is 1.84. The third-order valence-electron chi connectivity index (χ3n) is 1.84. The number of pyridine rings is 1. The van der Waals surface area contributed by atoms with E-state index in [0.29, 0.717) is 0 Å². The molecule has 0 aromatic carbocycles. The zero-order chi connectivity index (χ0) is 10.9. The number of nitrogens with two attached hydrogens (primary N) is 1. The average Bonchev–Trinajstić information content (AvgIpc) is 2.08. The molecule has 3 N–H and O–H groups in total. The van der Waals surface area contributed by atoms with E-state index in [0.717, 1.165) is 6.20 Å². The summed E-state index contributed by atoms with van der Waals surface area (Å²) in [6.07, 6.45) is -2.08. The lowest BCUT2D eigenvalue weighted by Crippen LogP contribution is -2.09. The molecule has 0 saturated carbocycles. The van der Waals surface area contributed by atoms with Gasteiger partial charge in [0.15, 0.2) is 0 Å². The minimum atomic E-state index is -2.87. The summed E-state index contributed by atoms with van der Waals surface area (Å²) >= 11 is 0. The Morgan fingerprint density at radius 2 is 2.21 bits per heavy atom. The quantitative estimate of drug-likeness (QED) is 0.763. The van der Waals surface area contributed by atoms with E-state index >= 15 is 0 Å². The van der Waals surface area contributed by atoms with Crippen LogP contribution in [-0.2, 0) is 0 Å². The summed E-state index contributed by atoms with van der Waals surface area (Å²) in [5.41, 5.74) is 4.30. The van der Waals surface area contributed by atoms with Crippen LogP contribution < -0.4 is 5.73 Å². The molecule has 1 heterocycles. The summed E-state index contributed by atoms with van der Waals surface area (Å²) in [4.78, 5) is 14.2. The molecule has 0 fully saturated rings. The first-order valence-corrected chi connectivity index (χ1v) is 3.71. The van der Waals surface area contributed by atoms with Gasteiger partial charge in [0.2, 0.25) is 0 Å². The molecule has 0 spiro atoms. The Balaban J connectivity index is 3.45. The number of aromatic nitrogens is 1. The highest BCUT2D eigenvalue weighted by Crippen LogP contribution is 2.26. The number of carbonyl (C=O) groups is 1. The van der Waals surface area contributed by atoms with E-state index in [4.69, 9.17) is 10.8 Å². The van der Waals surface area contributed by atoms with Crippen LogP contribution in [0, 0.1) is 6.92 Å². The summed E-state index contributed by atoms with van der Waals surface area (Å²) in [5.74, 6) is -1.47. The fourth-order valence-electron chi connectivity index (χ4n) is 1.09. The number of rotatable bonds is 2. The maximum atomic E-state index is 12.4. The Hall–Kier alpha value is -1.72. The first-order chi connectivity index (χ1) is 6.45. The van der Waals surface area contributed by atoms with E-state index < -0.39 is 23.5 Å². The molecule has 0 unspecified atom stereocenters. The van der Waals surface area contributed by atoms with E-state index in [1.54, 1.807) is 0 Å². The molecule has 1 aromatic rings. The fourth-order valence-corrected chi connectivity index (χ4v) is 1.09. The zero-order valence-electron chi connectivity index (χ0n) is 7.29. The molecular formula is C8H8F2N2O2. The van der Waals surface area contributed by atoms with Gasteiger partial charge in [0, 0.05) is 11.8 Å². The molecule has 1 rings (SSSR count). The van der Waals surface area contributed by atoms with Crippen molar-refractivity contribution in [2.75, 3.05) is 5.73 Å². The molecule has 0 amide bonds. The van der Waals surface area contributed by atoms with Crippen molar-refractivity contribution in [1.29, 1.82) is 0 Å². The molecule has 0 aliphatic carbocycles. The van der Waals surface area contributed by atoms with Crippen LogP contribution in [0.1, 0.15) is 27.9 Å². The Labute approximate surface area is 78.4 Å². The maximum absolute atomic E-state index is 12.4. The van der Waals surface area contributed by atoms with Gasteiger partial charge in [0.05, 0.1) is 11.1 Å². The second-order valence-corrected chi connectivity index (χ2v) is 2.70. The number of halogens is 2. The van der Waals surface area contributed by atoms with Gasteiger partial charge in [-0.05, 0) is 6.92 Å². The van der Waals surface area contributed by atoms with E-state index in [1.165, 1.54) is 6.92 Å². The van der Waals surface area contributed by atoms with Crippen LogP contribution in [0.4, 0.5) is 14.6 Å². The SMILES string of the molecule is Cc1c(N)ncc(C(F)F)c1C(=O)O. The minimum Gasteiger partial charge on any atom is -0.478 e. The monoisotopic (exact) mass is 202 g/mol.